The maximum Gasteiger partial charge on any atom is 0.340 e. The number of alkyl halides is 2. The van der Waals surface area contributed by atoms with Crippen molar-refractivity contribution in [2.24, 2.45) is 0 Å². The van der Waals surface area contributed by atoms with Gasteiger partial charge in [0.1, 0.15) is 12.2 Å². The van der Waals surface area contributed by atoms with Gasteiger partial charge in [-0.25, -0.2) is 18.4 Å². The van der Waals surface area contributed by atoms with Gasteiger partial charge in [0.25, 0.3) is 0 Å². The Morgan fingerprint density at radius 3 is 1.79 bits per heavy atom. The number of rotatable bonds is 8. The summed E-state index contributed by atoms with van der Waals surface area (Å²) >= 11 is 0. The first-order valence-corrected chi connectivity index (χ1v) is 12.6. The summed E-state index contributed by atoms with van der Waals surface area (Å²) < 4.78 is 37.6. The summed E-state index contributed by atoms with van der Waals surface area (Å²) in [5, 5.41) is 9.79. The maximum atomic E-state index is 13.5. The number of esters is 2. The first kappa shape index (κ1) is 26.1. The first-order valence-electron chi connectivity index (χ1n) is 12.6. The third kappa shape index (κ3) is 6.55. The molecule has 7 heteroatoms. The lowest BCUT2D eigenvalue weighted by Gasteiger charge is -2.31. The molecule has 2 aliphatic rings. The quantitative estimate of drug-likeness (QED) is 0.419. The zero-order valence-electron chi connectivity index (χ0n) is 20.1. The molecule has 0 radical (unpaired) electrons. The lowest BCUT2D eigenvalue weighted by molar-refractivity contribution is -0.157. The molecule has 0 spiro atoms. The fourth-order valence-electron chi connectivity index (χ4n) is 5.10. The number of hydrogen-bond donors (Lipinski definition) is 0. The minimum atomic E-state index is -1.56. The topological polar surface area (TPSA) is 76.4 Å². The average Bonchev–Trinajstić information content (AvgIpc) is 2.88. The molecule has 0 aliphatic heterocycles. The van der Waals surface area contributed by atoms with Crippen LogP contribution in [0.15, 0.2) is 18.2 Å². The van der Waals surface area contributed by atoms with E-state index in [9.17, 15) is 23.6 Å². The summed E-state index contributed by atoms with van der Waals surface area (Å²) in [7, 11) is 0. The number of ether oxygens (including phenoxy) is 2. The van der Waals surface area contributed by atoms with E-state index >= 15 is 0 Å². The van der Waals surface area contributed by atoms with Gasteiger partial charge in [0.2, 0.25) is 0 Å². The van der Waals surface area contributed by atoms with Crippen LogP contribution in [0.4, 0.5) is 8.78 Å². The van der Waals surface area contributed by atoms with Crippen LogP contribution in [0, 0.1) is 11.3 Å². The van der Waals surface area contributed by atoms with Crippen LogP contribution in [0.2, 0.25) is 0 Å². The van der Waals surface area contributed by atoms with Gasteiger partial charge in [-0.1, -0.05) is 26.0 Å². The number of nitriles is 1. The van der Waals surface area contributed by atoms with E-state index < -0.39 is 24.3 Å². The van der Waals surface area contributed by atoms with Gasteiger partial charge in [0.15, 0.2) is 12.3 Å². The average molecular weight is 476 g/mol. The van der Waals surface area contributed by atoms with Crippen molar-refractivity contribution in [2.75, 3.05) is 0 Å². The van der Waals surface area contributed by atoms with Gasteiger partial charge < -0.3 is 9.47 Å². The normalized spacial score (nSPS) is 26.7. The van der Waals surface area contributed by atoms with Crippen LogP contribution < -0.4 is 0 Å². The molecule has 186 valence electrons. The fourth-order valence-corrected chi connectivity index (χ4v) is 5.10. The molecule has 0 unspecified atom stereocenters. The summed E-state index contributed by atoms with van der Waals surface area (Å²) in [5.41, 5.74) is 2.80. The van der Waals surface area contributed by atoms with E-state index in [1.807, 2.05) is 12.1 Å². The molecular formula is C27H35F2NO4. The van der Waals surface area contributed by atoms with Crippen LogP contribution >= 0.6 is 0 Å². The Labute approximate surface area is 200 Å². The SMILES string of the molecule is CC[C@H](F)C(=O)OC1CCC(c2ccc(C3CCC(OC(=O)[C@@H](F)CC)CC3)c(C#N)c2)CC1. The highest BCUT2D eigenvalue weighted by Gasteiger charge is 2.30. The molecule has 1 aromatic rings. The highest BCUT2D eigenvalue weighted by atomic mass is 19.1. The molecular weight excluding hydrogens is 440 g/mol. The number of carbonyl (C=O) groups is 2. The largest absolute Gasteiger partial charge is 0.460 e. The molecule has 2 aliphatic carbocycles. The number of halogens is 2. The van der Waals surface area contributed by atoms with Crippen molar-refractivity contribution in [1.29, 1.82) is 5.26 Å². The van der Waals surface area contributed by atoms with Crippen molar-refractivity contribution in [3.8, 4) is 6.07 Å². The van der Waals surface area contributed by atoms with E-state index in [0.29, 0.717) is 31.2 Å². The number of nitrogens with zero attached hydrogens (tertiary/aromatic N) is 1. The predicted molar refractivity (Wildman–Crippen MR) is 124 cm³/mol. The summed E-state index contributed by atoms with van der Waals surface area (Å²) in [6.45, 7) is 3.23. The minimum Gasteiger partial charge on any atom is -0.460 e. The number of benzene rings is 1. The van der Waals surface area contributed by atoms with Crippen molar-refractivity contribution in [3.05, 3.63) is 34.9 Å². The zero-order valence-corrected chi connectivity index (χ0v) is 20.1. The van der Waals surface area contributed by atoms with Crippen molar-refractivity contribution in [1.82, 2.24) is 0 Å². The summed E-state index contributed by atoms with van der Waals surface area (Å²) in [5.74, 6) is -1.03. The Kier molecular flexibility index (Phi) is 9.44. The van der Waals surface area contributed by atoms with Gasteiger partial charge in [-0.3, -0.25) is 0 Å². The third-order valence-electron chi connectivity index (χ3n) is 7.25. The van der Waals surface area contributed by atoms with Gasteiger partial charge in [0, 0.05) is 0 Å². The Hall–Kier alpha value is -2.49. The van der Waals surface area contributed by atoms with Crippen molar-refractivity contribution in [2.45, 2.75) is 114 Å². The van der Waals surface area contributed by atoms with Crippen LogP contribution in [0.25, 0.3) is 0 Å². The van der Waals surface area contributed by atoms with E-state index in [0.717, 1.165) is 36.8 Å². The van der Waals surface area contributed by atoms with E-state index in [1.54, 1.807) is 13.8 Å². The second-order valence-corrected chi connectivity index (χ2v) is 9.53. The van der Waals surface area contributed by atoms with E-state index in [2.05, 4.69) is 12.1 Å². The molecule has 34 heavy (non-hydrogen) atoms. The van der Waals surface area contributed by atoms with Gasteiger partial charge in [-0.2, -0.15) is 5.26 Å². The fraction of sp³-hybridized carbons (Fsp3) is 0.667. The summed E-state index contributed by atoms with van der Waals surface area (Å²) in [6, 6.07) is 8.45. The highest BCUT2D eigenvalue weighted by molar-refractivity contribution is 5.75. The molecule has 0 heterocycles. The third-order valence-corrected chi connectivity index (χ3v) is 7.25. The summed E-state index contributed by atoms with van der Waals surface area (Å²) in [4.78, 5) is 23.4. The van der Waals surface area contributed by atoms with Crippen LogP contribution in [0.1, 0.15) is 107 Å². The first-order chi connectivity index (χ1) is 16.4. The second-order valence-electron chi connectivity index (χ2n) is 9.53. The van der Waals surface area contributed by atoms with Gasteiger partial charge in [-0.05, 0) is 93.2 Å². The molecule has 2 atom stereocenters. The molecule has 5 nitrogen and oxygen atoms in total. The number of carbonyl (C=O) groups excluding carboxylic acids is 2. The lowest BCUT2D eigenvalue weighted by atomic mass is 9.78. The molecule has 0 N–H and O–H groups in total. The molecule has 0 amide bonds. The predicted octanol–water partition coefficient (Wildman–Crippen LogP) is 6.19. The molecule has 0 saturated heterocycles. The number of hydrogen-bond acceptors (Lipinski definition) is 5. The van der Waals surface area contributed by atoms with E-state index in [4.69, 9.17) is 9.47 Å². The molecule has 0 aromatic heterocycles. The molecule has 1 aromatic carbocycles. The van der Waals surface area contributed by atoms with E-state index in [-0.39, 0.29) is 36.9 Å². The Morgan fingerprint density at radius 2 is 1.35 bits per heavy atom. The Bertz CT molecular complexity index is 883. The highest BCUT2D eigenvalue weighted by Crippen LogP contribution is 2.39. The van der Waals surface area contributed by atoms with Gasteiger partial charge in [0.05, 0.1) is 11.6 Å². The standard InChI is InChI=1S/C27H35F2NO4/c1-3-24(28)26(31)33-21-10-5-17(6-11-21)19-9-14-23(20(15-19)16-30)18-7-12-22(13-8-18)34-27(32)25(29)4-2/h9,14-15,17-18,21-22,24-25H,3-8,10-13H2,1-2H3/t17?,18?,21?,22?,24-,25-/m0/s1. The van der Waals surface area contributed by atoms with Crippen LogP contribution in [-0.4, -0.2) is 36.5 Å². The van der Waals surface area contributed by atoms with Crippen molar-refractivity contribution in [3.63, 3.8) is 0 Å². The van der Waals surface area contributed by atoms with Crippen molar-refractivity contribution >= 4 is 11.9 Å². The monoisotopic (exact) mass is 475 g/mol. The smallest absolute Gasteiger partial charge is 0.340 e. The van der Waals surface area contributed by atoms with Crippen molar-refractivity contribution < 1.29 is 27.8 Å². The molecule has 2 saturated carbocycles. The Balaban J connectivity index is 1.55. The molecule has 0 bridgehead atoms. The minimum absolute atomic E-state index is 0.121. The van der Waals surface area contributed by atoms with Crippen LogP contribution in [-0.2, 0) is 19.1 Å². The Morgan fingerprint density at radius 1 is 0.882 bits per heavy atom. The van der Waals surface area contributed by atoms with Crippen LogP contribution in [0.5, 0.6) is 0 Å². The van der Waals surface area contributed by atoms with E-state index in [1.165, 1.54) is 0 Å². The van der Waals surface area contributed by atoms with Gasteiger partial charge in [-0.15, -0.1) is 0 Å². The van der Waals surface area contributed by atoms with Gasteiger partial charge >= 0.3 is 11.9 Å². The lowest BCUT2D eigenvalue weighted by Crippen LogP contribution is -2.28. The molecule has 3 rings (SSSR count). The maximum absolute atomic E-state index is 13.5. The molecule has 2 fully saturated rings. The summed E-state index contributed by atoms with van der Waals surface area (Å²) in [6.07, 6.45) is 2.59. The second kappa shape index (κ2) is 12.3. The zero-order chi connectivity index (χ0) is 24.7. The van der Waals surface area contributed by atoms with Crippen LogP contribution in [0.3, 0.4) is 0 Å².